The predicted octanol–water partition coefficient (Wildman–Crippen LogP) is 5.72. The zero-order chi connectivity index (χ0) is 19.2. The number of hydrogen-bond acceptors (Lipinski definition) is 2. The number of anilines is 1. The number of nitrogens with one attached hydrogen (secondary N) is 1. The minimum absolute atomic E-state index is 0.0532. The highest BCUT2D eigenvalue weighted by molar-refractivity contribution is 6.33. The van der Waals surface area contributed by atoms with Gasteiger partial charge in [-0.3, -0.25) is 4.79 Å². The molecular formula is C19H19ClF3NO2. The van der Waals surface area contributed by atoms with Crippen LogP contribution in [0.2, 0.25) is 5.02 Å². The number of ether oxygens (including phenoxy) is 1. The Morgan fingerprint density at radius 3 is 2.46 bits per heavy atom. The Morgan fingerprint density at radius 2 is 1.85 bits per heavy atom. The lowest BCUT2D eigenvalue weighted by atomic mass is 10.2. The van der Waals surface area contributed by atoms with Gasteiger partial charge in [-0.05, 0) is 48.7 Å². The Bertz CT molecular complexity index is 745. The summed E-state index contributed by atoms with van der Waals surface area (Å²) in [5, 5.41) is 2.46. The molecule has 0 aliphatic heterocycles. The molecule has 0 atom stereocenters. The zero-order valence-corrected chi connectivity index (χ0v) is 15.0. The molecule has 26 heavy (non-hydrogen) atoms. The number of aryl methyl sites for hydroxylation is 1. The molecule has 1 amide bonds. The number of carbonyl (C=O) groups is 1. The minimum atomic E-state index is -4.49. The van der Waals surface area contributed by atoms with E-state index in [0.29, 0.717) is 18.8 Å². The van der Waals surface area contributed by atoms with Crippen LogP contribution in [0.15, 0.2) is 42.5 Å². The number of rotatable bonds is 7. The monoisotopic (exact) mass is 385 g/mol. The molecule has 0 aliphatic rings. The summed E-state index contributed by atoms with van der Waals surface area (Å²) in [6.45, 7) is 2.39. The second kappa shape index (κ2) is 8.94. The molecule has 2 aromatic rings. The van der Waals surface area contributed by atoms with Crippen molar-refractivity contribution >= 4 is 23.2 Å². The first kappa shape index (κ1) is 20.1. The summed E-state index contributed by atoms with van der Waals surface area (Å²) in [4.78, 5) is 11.9. The second-order valence-electron chi connectivity index (χ2n) is 5.69. The fourth-order valence-corrected chi connectivity index (χ4v) is 2.42. The average Bonchev–Trinajstić information content (AvgIpc) is 2.60. The molecule has 0 spiro atoms. The van der Waals surface area contributed by atoms with Crippen LogP contribution in [0, 0.1) is 0 Å². The molecule has 2 rings (SSSR count). The van der Waals surface area contributed by atoms with E-state index in [4.69, 9.17) is 16.3 Å². The van der Waals surface area contributed by atoms with Crippen LogP contribution in [0.1, 0.15) is 30.9 Å². The van der Waals surface area contributed by atoms with Gasteiger partial charge in [0.2, 0.25) is 5.91 Å². The van der Waals surface area contributed by atoms with Crippen LogP contribution < -0.4 is 10.1 Å². The molecule has 3 nitrogen and oxygen atoms in total. The Kier molecular flexibility index (Phi) is 6.91. The maximum Gasteiger partial charge on any atom is 0.416 e. The SMILES string of the molecule is CCc1ccc(OCCCC(=O)Nc2cc(C(F)(F)F)ccc2Cl)cc1. The fraction of sp³-hybridized carbons (Fsp3) is 0.316. The maximum atomic E-state index is 12.7. The van der Waals surface area contributed by atoms with E-state index in [0.717, 1.165) is 24.6 Å². The lowest BCUT2D eigenvalue weighted by Gasteiger charge is -2.12. The molecule has 2 aromatic carbocycles. The number of amides is 1. The van der Waals surface area contributed by atoms with Crippen molar-refractivity contribution in [1.29, 1.82) is 0 Å². The van der Waals surface area contributed by atoms with Crippen molar-refractivity contribution < 1.29 is 22.7 Å². The summed E-state index contributed by atoms with van der Waals surface area (Å²) in [7, 11) is 0. The molecule has 0 radical (unpaired) electrons. The normalized spacial score (nSPS) is 11.3. The van der Waals surface area contributed by atoms with E-state index in [1.54, 1.807) is 0 Å². The third kappa shape index (κ3) is 5.95. The number of benzene rings is 2. The van der Waals surface area contributed by atoms with E-state index in [9.17, 15) is 18.0 Å². The molecule has 0 fully saturated rings. The van der Waals surface area contributed by atoms with Gasteiger partial charge >= 0.3 is 6.18 Å². The number of carbonyl (C=O) groups excluding carboxylic acids is 1. The summed E-state index contributed by atoms with van der Waals surface area (Å²) in [6.07, 6.45) is -3.01. The van der Waals surface area contributed by atoms with Crippen molar-refractivity contribution in [2.45, 2.75) is 32.4 Å². The number of halogens is 4. The van der Waals surface area contributed by atoms with Crippen LogP contribution >= 0.6 is 11.6 Å². The molecule has 0 saturated heterocycles. The van der Waals surface area contributed by atoms with Gasteiger partial charge in [0.15, 0.2) is 0 Å². The van der Waals surface area contributed by atoms with E-state index in [1.165, 1.54) is 5.56 Å². The number of alkyl halides is 3. The summed E-state index contributed by atoms with van der Waals surface area (Å²) in [6, 6.07) is 10.5. The zero-order valence-electron chi connectivity index (χ0n) is 14.2. The third-order valence-electron chi connectivity index (χ3n) is 3.72. The van der Waals surface area contributed by atoms with Crippen LogP contribution in [0.25, 0.3) is 0 Å². The van der Waals surface area contributed by atoms with Crippen LogP contribution in [-0.4, -0.2) is 12.5 Å². The van der Waals surface area contributed by atoms with Crippen LogP contribution in [-0.2, 0) is 17.4 Å². The van der Waals surface area contributed by atoms with Crippen molar-refractivity contribution in [3.05, 3.63) is 58.6 Å². The van der Waals surface area contributed by atoms with E-state index in [-0.39, 0.29) is 17.1 Å². The maximum absolute atomic E-state index is 12.7. The predicted molar refractivity (Wildman–Crippen MR) is 95.6 cm³/mol. The first-order chi connectivity index (χ1) is 12.3. The van der Waals surface area contributed by atoms with E-state index >= 15 is 0 Å². The molecule has 1 N–H and O–H groups in total. The molecule has 0 heterocycles. The van der Waals surface area contributed by atoms with Gasteiger partial charge in [-0.2, -0.15) is 13.2 Å². The van der Waals surface area contributed by atoms with Crippen molar-refractivity contribution in [3.63, 3.8) is 0 Å². The van der Waals surface area contributed by atoms with Gasteiger partial charge in [0.25, 0.3) is 0 Å². The highest BCUT2D eigenvalue weighted by Crippen LogP contribution is 2.33. The first-order valence-corrected chi connectivity index (χ1v) is 8.55. The fourth-order valence-electron chi connectivity index (χ4n) is 2.25. The molecular weight excluding hydrogens is 367 g/mol. The van der Waals surface area contributed by atoms with Crippen LogP contribution in [0.4, 0.5) is 18.9 Å². The van der Waals surface area contributed by atoms with Crippen molar-refractivity contribution in [1.82, 2.24) is 0 Å². The van der Waals surface area contributed by atoms with Gasteiger partial charge < -0.3 is 10.1 Å². The van der Waals surface area contributed by atoms with Crippen molar-refractivity contribution in [2.75, 3.05) is 11.9 Å². The summed E-state index contributed by atoms with van der Waals surface area (Å²) in [5.41, 5.74) is 0.285. The largest absolute Gasteiger partial charge is 0.494 e. The van der Waals surface area contributed by atoms with Crippen LogP contribution in [0.5, 0.6) is 5.75 Å². The van der Waals surface area contributed by atoms with Crippen molar-refractivity contribution in [2.24, 2.45) is 0 Å². The van der Waals surface area contributed by atoms with E-state index in [2.05, 4.69) is 12.2 Å². The van der Waals surface area contributed by atoms with Gasteiger partial charge in [0, 0.05) is 6.42 Å². The molecule has 0 aliphatic carbocycles. The summed E-state index contributed by atoms with van der Waals surface area (Å²) >= 11 is 5.85. The lowest BCUT2D eigenvalue weighted by Crippen LogP contribution is -2.14. The average molecular weight is 386 g/mol. The molecule has 140 valence electrons. The highest BCUT2D eigenvalue weighted by atomic mass is 35.5. The first-order valence-electron chi connectivity index (χ1n) is 8.18. The van der Waals surface area contributed by atoms with Crippen molar-refractivity contribution in [3.8, 4) is 5.75 Å². The van der Waals surface area contributed by atoms with E-state index in [1.807, 2.05) is 24.3 Å². The van der Waals surface area contributed by atoms with Gasteiger partial charge in [-0.25, -0.2) is 0 Å². The third-order valence-corrected chi connectivity index (χ3v) is 4.05. The van der Waals surface area contributed by atoms with Gasteiger partial charge in [-0.15, -0.1) is 0 Å². The minimum Gasteiger partial charge on any atom is -0.494 e. The standard InChI is InChI=1S/C19H19ClF3NO2/c1-2-13-5-8-15(9-6-13)26-11-3-4-18(25)24-17-12-14(19(21,22)23)7-10-16(17)20/h5-10,12H,2-4,11H2,1H3,(H,24,25). The van der Waals surface area contributed by atoms with Gasteiger partial charge in [0.1, 0.15) is 5.75 Å². The van der Waals surface area contributed by atoms with Gasteiger partial charge in [-0.1, -0.05) is 30.7 Å². The van der Waals surface area contributed by atoms with Gasteiger partial charge in [0.05, 0.1) is 22.9 Å². The van der Waals surface area contributed by atoms with E-state index < -0.39 is 17.6 Å². The highest BCUT2D eigenvalue weighted by Gasteiger charge is 2.31. The Balaban J connectivity index is 1.81. The Hall–Kier alpha value is -2.21. The Morgan fingerprint density at radius 1 is 1.15 bits per heavy atom. The molecule has 7 heteroatoms. The summed E-state index contributed by atoms with van der Waals surface area (Å²) in [5.74, 6) is 0.291. The Labute approximate surface area is 155 Å². The smallest absolute Gasteiger partial charge is 0.416 e. The topological polar surface area (TPSA) is 38.3 Å². The summed E-state index contributed by atoms with van der Waals surface area (Å²) < 4.78 is 43.7. The lowest BCUT2D eigenvalue weighted by molar-refractivity contribution is -0.137. The molecule has 0 unspecified atom stereocenters. The molecule has 0 aromatic heterocycles. The quantitative estimate of drug-likeness (QED) is 0.619. The number of hydrogen-bond donors (Lipinski definition) is 1. The molecule has 0 bridgehead atoms. The molecule has 0 saturated carbocycles. The van der Waals surface area contributed by atoms with Crippen LogP contribution in [0.3, 0.4) is 0 Å². The second-order valence-corrected chi connectivity index (χ2v) is 6.10.